The summed E-state index contributed by atoms with van der Waals surface area (Å²) in [4.78, 5) is 0. The van der Waals surface area contributed by atoms with Gasteiger partial charge in [0.15, 0.2) is 0 Å². The lowest BCUT2D eigenvalue weighted by molar-refractivity contribution is 0.397. The molecule has 0 nitrogen and oxygen atoms in total. The monoisotopic (exact) mass is 1860 g/mol. The molecule has 0 spiro atoms. The van der Waals surface area contributed by atoms with Crippen LogP contribution in [0.2, 0.25) is 0 Å². The predicted octanol–water partition coefficient (Wildman–Crippen LogP) is 41.9. The fourth-order valence-corrected chi connectivity index (χ4v) is 26.4. The molecule has 1 heteroatoms. The second-order valence-electron chi connectivity index (χ2n) is 43.1. The van der Waals surface area contributed by atoms with Gasteiger partial charge in [0.25, 0.3) is 0 Å². The average Bonchev–Trinajstić information content (AvgIpc) is 1.57. The number of unbranched alkanes of at least 4 members (excludes halogenated alkanes) is 31. The first-order valence-electron chi connectivity index (χ1n) is 55.2. The molecule has 5 aliphatic carbocycles. The van der Waals surface area contributed by atoms with Gasteiger partial charge in [-0.2, -0.15) is 0 Å². The van der Waals surface area contributed by atoms with Gasteiger partial charge in [-0.25, -0.2) is 0 Å². The largest absolute Gasteiger partial charge is 0.0654 e. The highest BCUT2D eigenvalue weighted by Crippen LogP contribution is 2.61. The number of hydrogen-bond acceptors (Lipinski definition) is 0. The maximum Gasteiger partial charge on any atom is 0.0215 e. The number of hydrogen-bond donors (Lipinski definition) is 0. The van der Waals surface area contributed by atoms with E-state index in [1.807, 2.05) is 0 Å². The van der Waals surface area contributed by atoms with Gasteiger partial charge >= 0.3 is 0 Å². The third-order valence-corrected chi connectivity index (χ3v) is 34.3. The van der Waals surface area contributed by atoms with E-state index in [1.54, 1.807) is 33.4 Å². The highest BCUT2D eigenvalue weighted by atomic mass is 79.9. The lowest BCUT2D eigenvalue weighted by Crippen LogP contribution is -2.25. The Morgan fingerprint density at radius 3 is 0.647 bits per heavy atom. The zero-order valence-electron chi connectivity index (χ0n) is 84.5. The van der Waals surface area contributed by atoms with Crippen LogP contribution in [0.25, 0.3) is 134 Å². The van der Waals surface area contributed by atoms with Crippen LogP contribution in [-0.4, -0.2) is 0 Å². The van der Waals surface area contributed by atoms with Gasteiger partial charge in [-0.05, 0) is 295 Å². The van der Waals surface area contributed by atoms with Gasteiger partial charge in [0.05, 0.1) is 0 Å². The summed E-state index contributed by atoms with van der Waals surface area (Å²) in [6.07, 6.45) is 58.0. The lowest BCUT2D eigenvalue weighted by atomic mass is 9.69. The van der Waals surface area contributed by atoms with Gasteiger partial charge in [-0.1, -0.05) is 515 Å². The predicted molar refractivity (Wildman–Crippen MR) is 594 cm³/mol. The van der Waals surface area contributed by atoms with Gasteiger partial charge in [0.1, 0.15) is 0 Å². The van der Waals surface area contributed by atoms with Crippen LogP contribution in [0.5, 0.6) is 0 Å². The van der Waals surface area contributed by atoms with E-state index >= 15 is 0 Å². The van der Waals surface area contributed by atoms with Crippen LogP contribution < -0.4 is 0 Å². The summed E-state index contributed by atoms with van der Waals surface area (Å²) < 4.78 is 1.17. The molecular weight excluding hydrogens is 1700 g/mol. The molecular formula is C135H157Br. The minimum absolute atomic E-state index is 0.0551. The number of benzene rings is 13. The van der Waals surface area contributed by atoms with Gasteiger partial charge in [0, 0.05) is 26.1 Å². The molecule has 2 atom stereocenters. The van der Waals surface area contributed by atoms with Gasteiger partial charge in [-0.15, -0.1) is 0 Å². The second kappa shape index (κ2) is 45.1. The zero-order valence-corrected chi connectivity index (χ0v) is 86.1. The van der Waals surface area contributed by atoms with E-state index in [-0.39, 0.29) is 21.7 Å². The molecule has 0 amide bonds. The van der Waals surface area contributed by atoms with Crippen molar-refractivity contribution in [1.29, 1.82) is 0 Å². The zero-order chi connectivity index (χ0) is 93.4. The van der Waals surface area contributed by atoms with Crippen LogP contribution in [0.4, 0.5) is 0 Å². The van der Waals surface area contributed by atoms with Crippen molar-refractivity contribution in [2.75, 3.05) is 0 Å². The molecule has 0 bridgehead atoms. The topological polar surface area (TPSA) is 0 Å². The molecule has 5 aliphatic rings. The minimum Gasteiger partial charge on any atom is -0.0654 e. The first-order chi connectivity index (χ1) is 66.8. The summed E-state index contributed by atoms with van der Waals surface area (Å²) in [5, 5.41) is 0. The molecule has 0 saturated heterocycles. The summed E-state index contributed by atoms with van der Waals surface area (Å²) >= 11 is 3.73. The molecule has 136 heavy (non-hydrogen) atoms. The fourth-order valence-electron chi connectivity index (χ4n) is 26.0. The average molecular weight is 1860 g/mol. The van der Waals surface area contributed by atoms with E-state index in [0.29, 0.717) is 0 Å². The van der Waals surface area contributed by atoms with Crippen LogP contribution in [-0.2, 0) is 34.5 Å². The van der Waals surface area contributed by atoms with Crippen LogP contribution >= 0.6 is 15.9 Å². The quantitative estimate of drug-likeness (QED) is 0.0333. The van der Waals surface area contributed by atoms with E-state index in [0.717, 1.165) is 12.8 Å². The normalized spacial score (nSPS) is 15.7. The minimum atomic E-state index is -0.166. The smallest absolute Gasteiger partial charge is 0.0215 e. The first kappa shape index (κ1) is 96.6. The Labute approximate surface area is 830 Å². The molecule has 13 aromatic carbocycles. The fraction of sp³-hybridized carbons (Fsp3) is 0.422. The number of halogens is 1. The maximum absolute atomic E-state index is 3.73. The van der Waals surface area contributed by atoms with E-state index in [1.165, 1.54) is 436 Å². The molecule has 0 N–H and O–H groups in total. The van der Waals surface area contributed by atoms with E-state index in [2.05, 4.69) is 332 Å². The standard InChI is InChI=1S/C135H157Br/c1-9-15-21-27-32-33-39-47-87-135(86-46-38-31-25-19-13-5)130-94-106(100-56-54-98(55-57-100)104-65-74-117-118-75-70-109(91-126(118)132(7,8)125(117)90-104)110-71-80-119-116-48-40-41-49-124(116)133(127(119)96-110,82-43-35-28-22-16-10-2)83-44-36-29-23-17-11-3)67-78-122(130)123-79-69-108(95-131(123)135)102-60-58-101(59-61-102)107-68-77-121-120-76-66-105(92-128(120)134(129(121)93-107,84-42-34-26-20-14-6)85-45-37-30-24-18-12-4)99-52-50-97(51-53-99)103-64-73-114-111(88-103)62-63-112-89-113(136)72-81-115(112)114/h40-41,48-61,64-81,88-96H,9-39,42-47,62-63,82-87H2,1-8H3. The van der Waals surface area contributed by atoms with Gasteiger partial charge < -0.3 is 0 Å². The van der Waals surface area contributed by atoms with Crippen LogP contribution in [0.1, 0.15) is 387 Å². The Hall–Kier alpha value is -9.66. The molecule has 0 aliphatic heterocycles. The molecule has 0 saturated carbocycles. The highest BCUT2D eigenvalue weighted by molar-refractivity contribution is 9.10. The van der Waals surface area contributed by atoms with Crippen molar-refractivity contribution in [3.8, 4) is 134 Å². The van der Waals surface area contributed by atoms with E-state index < -0.39 is 0 Å². The van der Waals surface area contributed by atoms with Crippen molar-refractivity contribution in [2.24, 2.45) is 0 Å². The summed E-state index contributed by atoms with van der Waals surface area (Å²) in [7, 11) is 0. The van der Waals surface area contributed by atoms with Gasteiger partial charge in [0.2, 0.25) is 0 Å². The van der Waals surface area contributed by atoms with Crippen molar-refractivity contribution in [2.45, 2.75) is 366 Å². The van der Waals surface area contributed by atoms with Crippen LogP contribution in [0, 0.1) is 0 Å². The Balaban J connectivity index is 0.627. The molecule has 0 heterocycles. The van der Waals surface area contributed by atoms with Crippen molar-refractivity contribution < 1.29 is 0 Å². The van der Waals surface area contributed by atoms with Crippen molar-refractivity contribution >= 4 is 15.9 Å². The van der Waals surface area contributed by atoms with Crippen LogP contribution in [0.15, 0.2) is 265 Å². The molecule has 704 valence electrons. The Morgan fingerprint density at radius 1 is 0.176 bits per heavy atom. The van der Waals surface area contributed by atoms with Gasteiger partial charge in [-0.3, -0.25) is 0 Å². The highest BCUT2D eigenvalue weighted by Gasteiger charge is 2.47. The Morgan fingerprint density at radius 2 is 0.368 bits per heavy atom. The summed E-state index contributed by atoms with van der Waals surface area (Å²) in [6.45, 7) is 19.1. The molecule has 2 unspecified atom stereocenters. The van der Waals surface area contributed by atoms with Crippen molar-refractivity contribution in [1.82, 2.24) is 0 Å². The lowest BCUT2D eigenvalue weighted by Gasteiger charge is -2.33. The summed E-state index contributed by atoms with van der Waals surface area (Å²) in [5.74, 6) is 0. The third kappa shape index (κ3) is 20.4. The van der Waals surface area contributed by atoms with E-state index in [9.17, 15) is 0 Å². The summed E-state index contributed by atoms with van der Waals surface area (Å²) in [5.41, 5.74) is 47.7. The van der Waals surface area contributed by atoms with Crippen molar-refractivity contribution in [3.05, 3.63) is 321 Å². The first-order valence-corrected chi connectivity index (χ1v) is 56.0. The SMILES string of the molecule is CCCCCCCCCCC1(CCCCCCCC)c2cc(-c3ccc(-c4ccc5c(c4)C(C)(C)c4cc(-c6ccc7c(c6)C(CCCCCCCC)(CCCCCCCC)c6ccccc6-7)ccc4-5)cc3)ccc2-c2ccc(-c3ccc(-c4ccc5c(c4)C(CCCCCCC)(CCCCCCCC)c4cc(-c6ccc(-c7ccc8c(c7)CCc7cc(Br)ccc7-8)cc6)ccc4-5)cc3)cc21. The Bertz CT molecular complexity index is 6200. The van der Waals surface area contributed by atoms with Crippen LogP contribution in [0.3, 0.4) is 0 Å². The maximum atomic E-state index is 3.73. The number of aryl methyl sites for hydroxylation is 2. The summed E-state index contributed by atoms with van der Waals surface area (Å²) in [6, 6.07) is 106. The molecule has 18 rings (SSSR count). The second-order valence-corrected chi connectivity index (χ2v) is 44.0. The van der Waals surface area contributed by atoms with E-state index in [4.69, 9.17) is 0 Å². The number of fused-ring (bicyclic) bond motifs is 15. The Kier molecular flexibility index (Phi) is 32.0. The molecule has 0 aromatic heterocycles. The third-order valence-electron chi connectivity index (χ3n) is 33.8. The molecule has 0 fully saturated rings. The molecule has 0 radical (unpaired) electrons. The number of rotatable bonds is 50. The molecule has 13 aromatic rings. The van der Waals surface area contributed by atoms with Crippen molar-refractivity contribution in [3.63, 3.8) is 0 Å².